The van der Waals surface area contributed by atoms with Crippen molar-refractivity contribution >= 4 is 50.8 Å². The highest BCUT2D eigenvalue weighted by Gasteiger charge is 2.40. The Morgan fingerprint density at radius 3 is 2.50 bits per heavy atom. The Kier molecular flexibility index (Phi) is 3.50. The number of fused-ring (bicyclic) bond motifs is 3. The van der Waals surface area contributed by atoms with Crippen molar-refractivity contribution in [3.8, 4) is 0 Å². The summed E-state index contributed by atoms with van der Waals surface area (Å²) in [6, 6.07) is 17.8. The highest BCUT2D eigenvalue weighted by atomic mass is 35.5. The molecule has 7 heteroatoms. The Morgan fingerprint density at radius 2 is 1.64 bits per heavy atom. The molecular formula is C21H12ClN3O3. The van der Waals surface area contributed by atoms with E-state index in [1.807, 2.05) is 36.4 Å². The zero-order valence-corrected chi connectivity index (χ0v) is 15.1. The van der Waals surface area contributed by atoms with Crippen LogP contribution in [0.2, 0.25) is 5.02 Å². The van der Waals surface area contributed by atoms with Gasteiger partial charge in [0.15, 0.2) is 0 Å². The number of hydrazine groups is 1. The van der Waals surface area contributed by atoms with Crippen LogP contribution in [-0.2, 0) is 0 Å². The molecule has 0 aliphatic carbocycles. The Balaban J connectivity index is 1.63. The molecule has 2 heterocycles. The molecule has 0 spiro atoms. The first-order valence-electron chi connectivity index (χ1n) is 8.53. The first-order valence-corrected chi connectivity index (χ1v) is 8.91. The van der Waals surface area contributed by atoms with Crippen LogP contribution in [-0.4, -0.2) is 21.8 Å². The van der Waals surface area contributed by atoms with Crippen LogP contribution in [0.3, 0.4) is 0 Å². The minimum atomic E-state index is -0.689. The average Bonchev–Trinajstić information content (AvgIpc) is 2.93. The van der Waals surface area contributed by atoms with Gasteiger partial charge in [-0.15, -0.1) is 0 Å². The zero-order chi connectivity index (χ0) is 19.4. The summed E-state index contributed by atoms with van der Waals surface area (Å²) < 4.78 is 0. The molecule has 5 rings (SSSR count). The quantitative estimate of drug-likeness (QED) is 0.508. The number of carbonyl (C=O) groups is 2. The number of H-pyrrole nitrogens is 1. The van der Waals surface area contributed by atoms with E-state index in [0.29, 0.717) is 21.6 Å². The molecule has 28 heavy (non-hydrogen) atoms. The van der Waals surface area contributed by atoms with Gasteiger partial charge in [0.2, 0.25) is 5.43 Å². The summed E-state index contributed by atoms with van der Waals surface area (Å²) in [7, 11) is 0. The number of carbonyl (C=O) groups excluding carboxylic acids is 2. The first kappa shape index (κ1) is 16.5. The number of hydrogen-bond acceptors (Lipinski definition) is 4. The van der Waals surface area contributed by atoms with E-state index in [2.05, 4.69) is 10.4 Å². The summed E-state index contributed by atoms with van der Waals surface area (Å²) in [5, 5.41) is 3.40. The van der Waals surface area contributed by atoms with Crippen LogP contribution in [0.1, 0.15) is 20.8 Å². The highest BCUT2D eigenvalue weighted by molar-refractivity contribution is 6.31. The highest BCUT2D eigenvalue weighted by Crippen LogP contribution is 2.27. The monoisotopic (exact) mass is 389 g/mol. The molecule has 3 aromatic carbocycles. The van der Waals surface area contributed by atoms with E-state index in [1.165, 1.54) is 6.07 Å². The number of pyridine rings is 1. The Bertz CT molecular complexity index is 1370. The summed E-state index contributed by atoms with van der Waals surface area (Å²) >= 11 is 5.98. The third kappa shape index (κ3) is 2.32. The lowest BCUT2D eigenvalue weighted by molar-refractivity contribution is 0.0689. The lowest BCUT2D eigenvalue weighted by Gasteiger charge is -2.17. The van der Waals surface area contributed by atoms with Crippen molar-refractivity contribution < 1.29 is 9.59 Å². The molecule has 4 aromatic rings. The van der Waals surface area contributed by atoms with E-state index >= 15 is 0 Å². The standard InChI is InChI=1S/C21H12ClN3O3/c22-12-8-9-14-16(10-12)23-18-17(19(14)26)20(27)25(21(18)28)24-15-7-3-5-11-4-1-2-6-13(11)15/h1-10,24H,(H,23,26). The summed E-state index contributed by atoms with van der Waals surface area (Å²) in [4.78, 5) is 41.4. The summed E-state index contributed by atoms with van der Waals surface area (Å²) in [5.41, 5.74) is 3.15. The van der Waals surface area contributed by atoms with Gasteiger partial charge in [-0.3, -0.25) is 19.8 Å². The molecule has 1 aromatic heterocycles. The fraction of sp³-hybridized carbons (Fsp3) is 0. The zero-order valence-electron chi connectivity index (χ0n) is 14.3. The molecule has 136 valence electrons. The Hall–Kier alpha value is -3.64. The van der Waals surface area contributed by atoms with Crippen LogP contribution in [0.15, 0.2) is 65.5 Å². The molecule has 0 bridgehead atoms. The normalized spacial score (nSPS) is 13.4. The van der Waals surface area contributed by atoms with Crippen LogP contribution in [0.5, 0.6) is 0 Å². The van der Waals surface area contributed by atoms with Gasteiger partial charge in [-0.05, 0) is 29.7 Å². The topological polar surface area (TPSA) is 82.3 Å². The molecule has 1 aliphatic heterocycles. The molecule has 0 saturated heterocycles. The van der Waals surface area contributed by atoms with Gasteiger partial charge in [-0.1, -0.05) is 48.0 Å². The number of aromatic amines is 1. The largest absolute Gasteiger partial charge is 0.350 e. The van der Waals surface area contributed by atoms with Crippen molar-refractivity contribution in [3.63, 3.8) is 0 Å². The van der Waals surface area contributed by atoms with Gasteiger partial charge in [0.05, 0.1) is 11.2 Å². The summed E-state index contributed by atoms with van der Waals surface area (Å²) in [6.45, 7) is 0. The molecule has 0 atom stereocenters. The number of benzene rings is 3. The van der Waals surface area contributed by atoms with Crippen LogP contribution in [0.4, 0.5) is 5.69 Å². The molecule has 6 nitrogen and oxygen atoms in total. The van der Waals surface area contributed by atoms with E-state index in [-0.39, 0.29) is 11.3 Å². The van der Waals surface area contributed by atoms with E-state index in [0.717, 1.165) is 15.8 Å². The van der Waals surface area contributed by atoms with Crippen molar-refractivity contribution in [1.82, 2.24) is 9.99 Å². The van der Waals surface area contributed by atoms with Crippen molar-refractivity contribution in [2.45, 2.75) is 0 Å². The smallest absolute Gasteiger partial charge is 0.297 e. The molecule has 1 aliphatic rings. The fourth-order valence-electron chi connectivity index (χ4n) is 3.49. The second-order valence-corrected chi connectivity index (χ2v) is 6.91. The number of aromatic nitrogens is 1. The first-order chi connectivity index (χ1) is 13.5. The number of hydrogen-bond donors (Lipinski definition) is 2. The minimum Gasteiger partial charge on any atom is -0.350 e. The number of rotatable bonds is 2. The molecule has 0 fully saturated rings. The average molecular weight is 390 g/mol. The van der Waals surface area contributed by atoms with Gasteiger partial charge in [0, 0.05) is 15.8 Å². The fourth-order valence-corrected chi connectivity index (χ4v) is 3.66. The Labute approximate surface area is 163 Å². The van der Waals surface area contributed by atoms with Crippen LogP contribution in [0, 0.1) is 0 Å². The maximum Gasteiger partial charge on any atom is 0.297 e. The van der Waals surface area contributed by atoms with Gasteiger partial charge in [0.1, 0.15) is 11.3 Å². The molecule has 0 saturated carbocycles. The predicted octanol–water partition coefficient (Wildman–Crippen LogP) is 3.96. The van der Waals surface area contributed by atoms with Crippen molar-refractivity contribution in [2.24, 2.45) is 0 Å². The van der Waals surface area contributed by atoms with Crippen LogP contribution >= 0.6 is 11.6 Å². The molecular weight excluding hydrogens is 378 g/mol. The van der Waals surface area contributed by atoms with Gasteiger partial charge < -0.3 is 4.98 Å². The van der Waals surface area contributed by atoms with Gasteiger partial charge in [-0.25, -0.2) is 0 Å². The number of nitrogens with zero attached hydrogens (tertiary/aromatic N) is 1. The van der Waals surface area contributed by atoms with Crippen molar-refractivity contribution in [2.75, 3.05) is 5.43 Å². The second-order valence-electron chi connectivity index (χ2n) is 6.48. The SMILES string of the molecule is O=C1c2[nH]c3cc(Cl)ccc3c(=O)c2C(=O)N1Nc1cccc2ccccc12. The second kappa shape index (κ2) is 5.94. The summed E-state index contributed by atoms with van der Waals surface area (Å²) in [5.74, 6) is -1.31. The number of halogens is 1. The van der Waals surface area contributed by atoms with Crippen LogP contribution < -0.4 is 10.9 Å². The lowest BCUT2D eigenvalue weighted by Crippen LogP contribution is -2.36. The van der Waals surface area contributed by atoms with E-state index in [9.17, 15) is 14.4 Å². The minimum absolute atomic E-state index is 0.0440. The molecule has 2 amide bonds. The number of nitrogens with one attached hydrogen (secondary N) is 2. The predicted molar refractivity (Wildman–Crippen MR) is 108 cm³/mol. The maximum absolute atomic E-state index is 12.9. The number of anilines is 1. The third-order valence-electron chi connectivity index (χ3n) is 4.82. The number of amides is 2. The molecule has 0 radical (unpaired) electrons. The summed E-state index contributed by atoms with van der Waals surface area (Å²) in [6.07, 6.45) is 0. The van der Waals surface area contributed by atoms with Gasteiger partial charge >= 0.3 is 0 Å². The van der Waals surface area contributed by atoms with Gasteiger partial charge in [-0.2, -0.15) is 5.01 Å². The van der Waals surface area contributed by atoms with E-state index in [1.54, 1.807) is 18.2 Å². The molecule has 2 N–H and O–H groups in total. The third-order valence-corrected chi connectivity index (χ3v) is 5.05. The molecule has 0 unspecified atom stereocenters. The van der Waals surface area contributed by atoms with Crippen molar-refractivity contribution in [1.29, 1.82) is 0 Å². The number of imide groups is 1. The lowest BCUT2D eigenvalue weighted by atomic mass is 10.1. The van der Waals surface area contributed by atoms with Crippen molar-refractivity contribution in [3.05, 3.63) is 87.2 Å². The Morgan fingerprint density at radius 1 is 0.857 bits per heavy atom. The van der Waals surface area contributed by atoms with Crippen LogP contribution in [0.25, 0.3) is 21.7 Å². The van der Waals surface area contributed by atoms with E-state index in [4.69, 9.17) is 11.6 Å². The van der Waals surface area contributed by atoms with E-state index < -0.39 is 17.2 Å². The van der Waals surface area contributed by atoms with Gasteiger partial charge in [0.25, 0.3) is 11.8 Å². The maximum atomic E-state index is 12.9.